The number of carbonyl (C=O) groups is 1. The fourth-order valence-electron chi connectivity index (χ4n) is 1.19. The molecule has 0 aliphatic carbocycles. The van der Waals surface area contributed by atoms with Crippen LogP contribution in [0.4, 0.5) is 0 Å². The van der Waals surface area contributed by atoms with E-state index in [0.29, 0.717) is 13.2 Å². The lowest BCUT2D eigenvalue weighted by molar-refractivity contribution is -0.299. The van der Waals surface area contributed by atoms with Crippen LogP contribution in [0.5, 0.6) is 0 Å². The van der Waals surface area contributed by atoms with Crippen LogP contribution in [0.15, 0.2) is 24.3 Å². The molecule has 21 heavy (non-hydrogen) atoms. The molecule has 0 atom stereocenters. The molecular weight excluding hydrogens is 292 g/mol. The van der Waals surface area contributed by atoms with Crippen LogP contribution in [0.25, 0.3) is 0 Å². The van der Waals surface area contributed by atoms with Crippen LogP contribution in [0.3, 0.4) is 0 Å². The predicted octanol–water partition coefficient (Wildman–Crippen LogP) is 1.16. The third kappa shape index (κ3) is 12.5. The largest absolute Gasteiger partial charge is 0.545 e. The van der Waals surface area contributed by atoms with Crippen molar-refractivity contribution >= 4 is 14.8 Å². The van der Waals surface area contributed by atoms with E-state index in [1.807, 2.05) is 6.92 Å². The van der Waals surface area contributed by atoms with Gasteiger partial charge < -0.3 is 27.9 Å². The van der Waals surface area contributed by atoms with Gasteiger partial charge in [-0.05, 0) is 25.8 Å². The Morgan fingerprint density at radius 3 is 1.81 bits per heavy atom. The molecule has 124 valence electrons. The zero-order chi connectivity index (χ0) is 16.9. The summed E-state index contributed by atoms with van der Waals surface area (Å²) in [5.41, 5.74) is 1.10. The van der Waals surface area contributed by atoms with E-state index in [0.717, 1.165) is 18.0 Å². The second kappa shape index (κ2) is 12.7. The Bertz CT molecular complexity index is 305. The van der Waals surface area contributed by atoms with E-state index in [-0.39, 0.29) is 5.57 Å². The highest BCUT2D eigenvalue weighted by molar-refractivity contribution is 6.60. The molecule has 0 spiro atoms. The van der Waals surface area contributed by atoms with Crippen molar-refractivity contribution < 1.29 is 27.9 Å². The van der Waals surface area contributed by atoms with Crippen LogP contribution in [0.1, 0.15) is 20.3 Å². The number of carboxylic acid groups (broad SMARTS) is 1. The molecule has 0 N–H and O–H groups in total. The van der Waals surface area contributed by atoms with Gasteiger partial charge in [0.15, 0.2) is 0 Å². The molecule has 6 nitrogen and oxygen atoms in total. The summed E-state index contributed by atoms with van der Waals surface area (Å²) in [6.07, 6.45) is 0.870. The first-order valence-corrected chi connectivity index (χ1v) is 8.42. The van der Waals surface area contributed by atoms with Gasteiger partial charge in [0.05, 0.1) is 12.6 Å². The molecule has 0 rings (SSSR count). The fourth-order valence-corrected chi connectivity index (χ4v) is 2.88. The monoisotopic (exact) mass is 319 g/mol. The minimum Gasteiger partial charge on any atom is -0.545 e. The van der Waals surface area contributed by atoms with Crippen LogP contribution in [-0.4, -0.2) is 49.3 Å². The number of rotatable bonds is 10. The van der Waals surface area contributed by atoms with E-state index < -0.39 is 14.8 Å². The van der Waals surface area contributed by atoms with Crippen LogP contribution < -0.4 is 5.11 Å². The van der Waals surface area contributed by atoms with E-state index in [4.69, 9.17) is 18.0 Å². The van der Waals surface area contributed by atoms with E-state index >= 15 is 0 Å². The summed E-state index contributed by atoms with van der Waals surface area (Å²) < 4.78 is 21.2. The number of hydrogen-bond donors (Lipinski definition) is 0. The summed E-state index contributed by atoms with van der Waals surface area (Å²) in [5.74, 6) is -1.19. The van der Waals surface area contributed by atoms with E-state index in [1.54, 1.807) is 21.3 Å². The highest BCUT2D eigenvalue weighted by atomic mass is 28.4. The molecule has 0 aliphatic rings. The molecule has 0 aromatic heterocycles. The van der Waals surface area contributed by atoms with Gasteiger partial charge in [-0.1, -0.05) is 18.7 Å². The standard InChI is InChI=1S/C10H22O4Si.C4H6O2/c1-10(2)9-14-7-6-8-15(11-3,12-4)13-5;1-3(2)4(5)6/h1,6-9H2,2-5H3;1H2,2H3,(H,5,6)/p-1. The SMILES string of the molecule is C=C(C)C(=O)[O-].C=C(C)COCCC[Si](OC)(OC)OC. The lowest BCUT2D eigenvalue weighted by Gasteiger charge is -2.24. The predicted molar refractivity (Wildman–Crippen MR) is 81.7 cm³/mol. The van der Waals surface area contributed by atoms with Gasteiger partial charge in [0.25, 0.3) is 0 Å². The first-order valence-electron chi connectivity index (χ1n) is 6.49. The lowest BCUT2D eigenvalue weighted by atomic mass is 10.4. The minimum absolute atomic E-state index is 0.0648. The van der Waals surface area contributed by atoms with Crippen molar-refractivity contribution in [2.24, 2.45) is 0 Å². The molecule has 0 heterocycles. The van der Waals surface area contributed by atoms with E-state index in [9.17, 15) is 9.90 Å². The van der Waals surface area contributed by atoms with Gasteiger partial charge in [0, 0.05) is 34.0 Å². The maximum Gasteiger partial charge on any atom is 0.500 e. The number of carboxylic acids is 1. The number of ether oxygens (including phenoxy) is 1. The molecule has 0 aromatic rings. The number of aliphatic carboxylic acids is 1. The van der Waals surface area contributed by atoms with Crippen molar-refractivity contribution in [1.29, 1.82) is 0 Å². The molecule has 0 radical (unpaired) electrons. The second-order valence-electron chi connectivity index (χ2n) is 4.48. The highest BCUT2D eigenvalue weighted by Gasteiger charge is 2.36. The summed E-state index contributed by atoms with van der Waals surface area (Å²) in [6.45, 7) is 11.5. The third-order valence-corrected chi connectivity index (χ3v) is 5.23. The Morgan fingerprint density at radius 1 is 1.10 bits per heavy atom. The zero-order valence-electron chi connectivity index (χ0n) is 13.7. The number of carbonyl (C=O) groups excluding carboxylic acids is 1. The van der Waals surface area contributed by atoms with Gasteiger partial charge in [-0.25, -0.2) is 0 Å². The topological polar surface area (TPSA) is 77.1 Å². The quantitative estimate of drug-likeness (QED) is 0.260. The Morgan fingerprint density at radius 2 is 1.52 bits per heavy atom. The van der Waals surface area contributed by atoms with Crippen LogP contribution >= 0.6 is 0 Å². The third-order valence-electron chi connectivity index (χ3n) is 2.40. The number of hydrogen-bond acceptors (Lipinski definition) is 6. The molecule has 0 saturated heterocycles. The summed E-state index contributed by atoms with van der Waals surface area (Å²) in [6, 6.07) is 0.771. The molecule has 7 heteroatoms. The fraction of sp³-hybridized carbons (Fsp3) is 0.643. The van der Waals surface area contributed by atoms with Gasteiger partial charge in [-0.15, -0.1) is 0 Å². The van der Waals surface area contributed by atoms with Crippen LogP contribution in [0, 0.1) is 0 Å². The molecule has 0 fully saturated rings. The molecule has 0 aliphatic heterocycles. The van der Waals surface area contributed by atoms with Crippen LogP contribution in [-0.2, 0) is 22.8 Å². The van der Waals surface area contributed by atoms with Gasteiger partial charge in [-0.2, -0.15) is 0 Å². The summed E-state index contributed by atoms with van der Waals surface area (Å²) in [7, 11) is 2.46. The smallest absolute Gasteiger partial charge is 0.500 e. The average molecular weight is 319 g/mol. The lowest BCUT2D eigenvalue weighted by Crippen LogP contribution is -2.42. The molecule has 0 bridgehead atoms. The molecular formula is C14H27O6Si-. The summed E-state index contributed by atoms with van der Waals surface area (Å²) >= 11 is 0. The van der Waals surface area contributed by atoms with Gasteiger partial charge in [0.1, 0.15) is 0 Å². The molecule has 0 aromatic carbocycles. The van der Waals surface area contributed by atoms with Crippen molar-refractivity contribution in [2.45, 2.75) is 26.3 Å². The maximum absolute atomic E-state index is 9.49. The normalized spacial score (nSPS) is 10.5. The average Bonchev–Trinajstić information content (AvgIpc) is 2.44. The van der Waals surface area contributed by atoms with Crippen molar-refractivity contribution in [3.63, 3.8) is 0 Å². The summed E-state index contributed by atoms with van der Waals surface area (Å²) in [5, 5.41) is 9.49. The van der Waals surface area contributed by atoms with Crippen molar-refractivity contribution in [2.75, 3.05) is 34.5 Å². The second-order valence-corrected chi connectivity index (χ2v) is 7.57. The van der Waals surface area contributed by atoms with Gasteiger partial charge >= 0.3 is 8.80 Å². The van der Waals surface area contributed by atoms with Crippen molar-refractivity contribution in [3.8, 4) is 0 Å². The molecule has 0 amide bonds. The summed E-state index contributed by atoms with van der Waals surface area (Å²) in [4.78, 5) is 9.49. The Kier molecular flexibility index (Phi) is 13.5. The van der Waals surface area contributed by atoms with E-state index in [2.05, 4.69) is 13.2 Å². The zero-order valence-corrected chi connectivity index (χ0v) is 14.7. The first kappa shape index (κ1) is 22.3. The highest BCUT2D eigenvalue weighted by Crippen LogP contribution is 2.14. The minimum atomic E-state index is -2.40. The van der Waals surface area contributed by atoms with Crippen molar-refractivity contribution in [3.05, 3.63) is 24.3 Å². The van der Waals surface area contributed by atoms with Gasteiger partial charge in [0.2, 0.25) is 0 Å². The van der Waals surface area contributed by atoms with Gasteiger partial charge in [-0.3, -0.25) is 0 Å². The Labute approximate surface area is 128 Å². The molecule has 0 saturated carbocycles. The van der Waals surface area contributed by atoms with Crippen LogP contribution in [0.2, 0.25) is 6.04 Å². The van der Waals surface area contributed by atoms with E-state index in [1.165, 1.54) is 6.92 Å². The Balaban J connectivity index is 0. The maximum atomic E-state index is 9.49. The van der Waals surface area contributed by atoms with Crippen molar-refractivity contribution in [1.82, 2.24) is 0 Å². The Hall–Kier alpha value is -0.993. The first-order chi connectivity index (χ1) is 9.74. The molecule has 0 unspecified atom stereocenters.